The van der Waals surface area contributed by atoms with E-state index in [1.807, 2.05) is 24.3 Å². The third kappa shape index (κ3) is 2.42. The molecule has 2 atom stereocenters. The summed E-state index contributed by atoms with van der Waals surface area (Å²) >= 11 is 0. The van der Waals surface area contributed by atoms with Gasteiger partial charge in [-0.1, -0.05) is 36.4 Å². The Hall–Kier alpha value is -1.91. The highest BCUT2D eigenvalue weighted by Crippen LogP contribution is 2.50. The van der Waals surface area contributed by atoms with Gasteiger partial charge in [-0.2, -0.15) is 0 Å². The minimum atomic E-state index is -0.413. The number of likely N-dealkylation sites (tertiary alicyclic amines) is 1. The van der Waals surface area contributed by atoms with Crippen molar-refractivity contribution in [1.82, 2.24) is 4.90 Å². The Balaban J connectivity index is 1.65. The second kappa shape index (κ2) is 5.62. The first-order chi connectivity index (χ1) is 11.2. The third-order valence-electron chi connectivity index (χ3n) is 5.16. The molecule has 1 fully saturated rings. The van der Waals surface area contributed by atoms with Crippen molar-refractivity contribution in [2.75, 3.05) is 26.3 Å². The number of benzene rings is 2. The van der Waals surface area contributed by atoms with Crippen LogP contribution in [0.3, 0.4) is 0 Å². The number of halogens is 1. The van der Waals surface area contributed by atoms with Crippen LogP contribution >= 0.6 is 0 Å². The monoisotopic (exact) mass is 313 g/mol. The standard InChI is InChI=1S/C19H20FNO2/c20-16-7-4-8-17-18(16)15-10-21(9-14-5-2-1-3-6-14)11-19(15,12-22)13-23-17/h1-8,15,22H,9-13H2/t15-,19+/m0/s1. The van der Waals surface area contributed by atoms with Crippen molar-refractivity contribution >= 4 is 0 Å². The third-order valence-corrected chi connectivity index (χ3v) is 5.16. The Morgan fingerprint density at radius 3 is 2.78 bits per heavy atom. The van der Waals surface area contributed by atoms with E-state index in [0.717, 1.165) is 19.6 Å². The van der Waals surface area contributed by atoms with Gasteiger partial charge in [-0.25, -0.2) is 4.39 Å². The average Bonchev–Trinajstić information content (AvgIpc) is 2.94. The van der Waals surface area contributed by atoms with Gasteiger partial charge in [-0.05, 0) is 17.7 Å². The molecule has 1 saturated heterocycles. The molecule has 2 aliphatic heterocycles. The van der Waals surface area contributed by atoms with Gasteiger partial charge in [-0.3, -0.25) is 4.90 Å². The number of hydrogen-bond donors (Lipinski definition) is 1. The highest BCUT2D eigenvalue weighted by atomic mass is 19.1. The first-order valence-electron chi connectivity index (χ1n) is 8.00. The summed E-state index contributed by atoms with van der Waals surface area (Å²) < 4.78 is 20.2. The van der Waals surface area contributed by atoms with Crippen molar-refractivity contribution in [3.63, 3.8) is 0 Å². The molecular weight excluding hydrogens is 293 g/mol. The molecule has 23 heavy (non-hydrogen) atoms. The van der Waals surface area contributed by atoms with Crippen LogP contribution in [0.1, 0.15) is 17.0 Å². The predicted molar refractivity (Wildman–Crippen MR) is 85.9 cm³/mol. The number of rotatable bonds is 3. The Morgan fingerprint density at radius 2 is 2.00 bits per heavy atom. The first kappa shape index (κ1) is 14.7. The number of aliphatic hydroxyl groups excluding tert-OH is 1. The zero-order valence-electron chi connectivity index (χ0n) is 12.9. The molecule has 0 unspecified atom stereocenters. The average molecular weight is 313 g/mol. The lowest BCUT2D eigenvalue weighted by molar-refractivity contribution is 0.0443. The summed E-state index contributed by atoms with van der Waals surface area (Å²) in [5, 5.41) is 10.0. The molecule has 0 amide bonds. The maximum atomic E-state index is 14.4. The van der Waals surface area contributed by atoms with E-state index in [-0.39, 0.29) is 18.3 Å². The van der Waals surface area contributed by atoms with Crippen LogP contribution in [0.4, 0.5) is 4.39 Å². The lowest BCUT2D eigenvalue weighted by Crippen LogP contribution is -2.42. The Morgan fingerprint density at radius 1 is 1.17 bits per heavy atom. The van der Waals surface area contributed by atoms with Crippen molar-refractivity contribution in [3.8, 4) is 5.75 Å². The maximum absolute atomic E-state index is 14.4. The molecule has 0 bridgehead atoms. The Kier molecular flexibility index (Phi) is 3.58. The summed E-state index contributed by atoms with van der Waals surface area (Å²) in [6.45, 7) is 2.72. The van der Waals surface area contributed by atoms with Crippen LogP contribution < -0.4 is 4.74 Å². The number of aliphatic hydroxyl groups is 1. The lowest BCUT2D eigenvalue weighted by Gasteiger charge is -2.38. The summed E-state index contributed by atoms with van der Waals surface area (Å²) in [6.07, 6.45) is 0. The molecule has 120 valence electrons. The first-order valence-corrected chi connectivity index (χ1v) is 8.00. The SMILES string of the molecule is OC[C@]12COc3cccc(F)c3[C@@H]1CN(Cc1ccccc1)C2. The van der Waals surface area contributed by atoms with Crippen LogP contribution in [0.2, 0.25) is 0 Å². The van der Waals surface area contributed by atoms with Gasteiger partial charge in [0, 0.05) is 36.5 Å². The van der Waals surface area contributed by atoms with Gasteiger partial charge >= 0.3 is 0 Å². The number of fused-ring (bicyclic) bond motifs is 3. The summed E-state index contributed by atoms with van der Waals surface area (Å²) in [6, 6.07) is 15.2. The van der Waals surface area contributed by atoms with E-state index in [2.05, 4.69) is 17.0 Å². The van der Waals surface area contributed by atoms with Crippen LogP contribution in [0.5, 0.6) is 5.75 Å². The zero-order valence-corrected chi connectivity index (χ0v) is 12.9. The van der Waals surface area contributed by atoms with Crippen molar-refractivity contribution < 1.29 is 14.2 Å². The van der Waals surface area contributed by atoms with Crippen LogP contribution in [0.25, 0.3) is 0 Å². The highest BCUT2D eigenvalue weighted by molar-refractivity contribution is 5.42. The summed E-state index contributed by atoms with van der Waals surface area (Å²) in [7, 11) is 0. The molecule has 0 saturated carbocycles. The molecule has 4 heteroatoms. The van der Waals surface area contributed by atoms with Gasteiger partial charge in [0.1, 0.15) is 11.6 Å². The predicted octanol–water partition coefficient (Wildman–Crippen LogP) is 2.80. The molecule has 0 spiro atoms. The normalized spacial score (nSPS) is 26.4. The van der Waals surface area contributed by atoms with Crippen LogP contribution in [-0.2, 0) is 6.54 Å². The fourth-order valence-corrected chi connectivity index (χ4v) is 3.99. The zero-order chi connectivity index (χ0) is 15.9. The molecule has 2 heterocycles. The molecule has 2 aromatic carbocycles. The van der Waals surface area contributed by atoms with Gasteiger partial charge in [0.25, 0.3) is 0 Å². The summed E-state index contributed by atoms with van der Waals surface area (Å²) in [4.78, 5) is 2.29. The lowest BCUT2D eigenvalue weighted by atomic mass is 9.73. The number of nitrogens with zero attached hydrogens (tertiary/aromatic N) is 1. The molecule has 2 aliphatic rings. The van der Waals surface area contributed by atoms with Crippen molar-refractivity contribution in [2.24, 2.45) is 5.41 Å². The number of ether oxygens (including phenoxy) is 1. The Labute approximate surface area is 135 Å². The van der Waals surface area contributed by atoms with E-state index in [9.17, 15) is 9.50 Å². The highest BCUT2D eigenvalue weighted by Gasteiger charge is 2.51. The van der Waals surface area contributed by atoms with Gasteiger partial charge in [0.15, 0.2) is 0 Å². The fourth-order valence-electron chi connectivity index (χ4n) is 3.99. The van der Waals surface area contributed by atoms with Gasteiger partial charge in [0.2, 0.25) is 0 Å². The van der Waals surface area contributed by atoms with E-state index >= 15 is 0 Å². The minimum Gasteiger partial charge on any atom is -0.492 e. The molecule has 1 N–H and O–H groups in total. The van der Waals surface area contributed by atoms with Crippen LogP contribution in [-0.4, -0.2) is 36.3 Å². The van der Waals surface area contributed by atoms with E-state index in [1.54, 1.807) is 6.07 Å². The topological polar surface area (TPSA) is 32.7 Å². The molecule has 0 aromatic heterocycles. The van der Waals surface area contributed by atoms with Gasteiger partial charge < -0.3 is 9.84 Å². The second-order valence-corrected chi connectivity index (χ2v) is 6.67. The molecule has 3 nitrogen and oxygen atoms in total. The smallest absolute Gasteiger partial charge is 0.130 e. The molecule has 4 rings (SSSR count). The van der Waals surface area contributed by atoms with Crippen LogP contribution in [0, 0.1) is 11.2 Å². The van der Waals surface area contributed by atoms with E-state index in [1.165, 1.54) is 11.6 Å². The molecule has 0 aliphatic carbocycles. The number of hydrogen-bond acceptors (Lipinski definition) is 3. The quantitative estimate of drug-likeness (QED) is 0.946. The van der Waals surface area contributed by atoms with E-state index in [0.29, 0.717) is 17.9 Å². The van der Waals surface area contributed by atoms with Crippen LogP contribution in [0.15, 0.2) is 48.5 Å². The van der Waals surface area contributed by atoms with Crippen molar-refractivity contribution in [1.29, 1.82) is 0 Å². The Bertz CT molecular complexity index is 706. The summed E-state index contributed by atoms with van der Waals surface area (Å²) in [5.74, 6) is 0.369. The van der Waals surface area contributed by atoms with Gasteiger partial charge in [-0.15, -0.1) is 0 Å². The van der Waals surface area contributed by atoms with E-state index < -0.39 is 5.41 Å². The maximum Gasteiger partial charge on any atom is 0.130 e. The van der Waals surface area contributed by atoms with Crippen molar-refractivity contribution in [2.45, 2.75) is 12.5 Å². The van der Waals surface area contributed by atoms with E-state index in [4.69, 9.17) is 4.74 Å². The van der Waals surface area contributed by atoms with Gasteiger partial charge in [0.05, 0.1) is 13.2 Å². The van der Waals surface area contributed by atoms with Crippen molar-refractivity contribution in [3.05, 3.63) is 65.5 Å². The minimum absolute atomic E-state index is 0.0106. The second-order valence-electron chi connectivity index (χ2n) is 6.67. The molecule has 0 radical (unpaired) electrons. The molecular formula is C19H20FNO2. The largest absolute Gasteiger partial charge is 0.492 e. The fraction of sp³-hybridized carbons (Fsp3) is 0.368. The summed E-state index contributed by atoms with van der Waals surface area (Å²) in [5.41, 5.74) is 1.45. The molecule has 2 aromatic rings.